The second-order valence-corrected chi connectivity index (χ2v) is 7.59. The molecule has 29 heavy (non-hydrogen) atoms. The van der Waals surface area contributed by atoms with E-state index in [-0.39, 0.29) is 17.8 Å². The number of carbonyl (C=O) groups is 1. The highest BCUT2D eigenvalue weighted by atomic mass is 35.5. The van der Waals surface area contributed by atoms with Crippen LogP contribution in [0.25, 0.3) is 0 Å². The largest absolute Gasteiger partial charge is 0.482 e. The SMILES string of the molecule is CC(Oc1cc(Cl)cnc1N)c1cccc(NC(=O)c2cncc(C3CC3)c2)c1. The Balaban J connectivity index is 1.47. The van der Waals surface area contributed by atoms with Crippen molar-refractivity contribution in [2.24, 2.45) is 0 Å². The molecule has 0 bridgehead atoms. The van der Waals surface area contributed by atoms with Gasteiger partial charge in [0.2, 0.25) is 0 Å². The lowest BCUT2D eigenvalue weighted by molar-refractivity contribution is 0.102. The average Bonchev–Trinajstić information content (AvgIpc) is 3.56. The number of nitrogens with two attached hydrogens (primary N) is 1. The van der Waals surface area contributed by atoms with Crippen molar-refractivity contribution in [3.8, 4) is 5.75 Å². The van der Waals surface area contributed by atoms with Gasteiger partial charge in [0.15, 0.2) is 11.6 Å². The van der Waals surface area contributed by atoms with Gasteiger partial charge >= 0.3 is 0 Å². The van der Waals surface area contributed by atoms with E-state index in [9.17, 15) is 4.79 Å². The van der Waals surface area contributed by atoms with E-state index < -0.39 is 0 Å². The van der Waals surface area contributed by atoms with Crippen LogP contribution in [0.1, 0.15) is 53.3 Å². The number of rotatable bonds is 6. The Morgan fingerprint density at radius 1 is 1.24 bits per heavy atom. The normalized spacial score (nSPS) is 14.3. The van der Waals surface area contributed by atoms with Gasteiger partial charge in [-0.25, -0.2) is 4.98 Å². The Labute approximate surface area is 174 Å². The summed E-state index contributed by atoms with van der Waals surface area (Å²) in [7, 11) is 0. The number of ether oxygens (including phenoxy) is 1. The van der Waals surface area contributed by atoms with Crippen LogP contribution in [0.4, 0.5) is 11.5 Å². The van der Waals surface area contributed by atoms with Crippen LogP contribution in [0.5, 0.6) is 5.75 Å². The summed E-state index contributed by atoms with van der Waals surface area (Å²) in [5.74, 6) is 1.05. The molecule has 1 atom stereocenters. The van der Waals surface area contributed by atoms with Crippen LogP contribution in [0.2, 0.25) is 5.02 Å². The van der Waals surface area contributed by atoms with Gasteiger partial charge in [-0.3, -0.25) is 9.78 Å². The smallest absolute Gasteiger partial charge is 0.257 e. The van der Waals surface area contributed by atoms with Crippen LogP contribution in [0, 0.1) is 0 Å². The Hall–Kier alpha value is -3.12. The number of pyridine rings is 2. The summed E-state index contributed by atoms with van der Waals surface area (Å²) in [4.78, 5) is 20.8. The standard InChI is InChI=1S/C22H21ClN4O2/c1-13(29-20-9-18(23)12-26-21(20)24)15-3-2-4-19(8-15)27-22(28)17-7-16(10-25-11-17)14-5-6-14/h2-4,7-14H,5-6H2,1H3,(H2,24,26)(H,27,28). The number of benzene rings is 1. The number of amides is 1. The molecule has 3 aromatic rings. The number of nitrogen functional groups attached to an aromatic ring is 1. The third-order valence-corrected chi connectivity index (χ3v) is 5.04. The molecule has 1 aliphatic carbocycles. The van der Waals surface area contributed by atoms with Gasteiger partial charge in [-0.2, -0.15) is 0 Å². The second kappa shape index (κ2) is 8.09. The molecule has 1 unspecified atom stereocenters. The van der Waals surface area contributed by atoms with Crippen molar-refractivity contribution < 1.29 is 9.53 Å². The Kier molecular flexibility index (Phi) is 5.36. The molecular weight excluding hydrogens is 388 g/mol. The van der Waals surface area contributed by atoms with Gasteiger partial charge in [-0.05, 0) is 55.0 Å². The van der Waals surface area contributed by atoms with Crippen molar-refractivity contribution in [1.82, 2.24) is 9.97 Å². The molecule has 1 fully saturated rings. The number of hydrogen-bond acceptors (Lipinski definition) is 5. The zero-order chi connectivity index (χ0) is 20.4. The highest BCUT2D eigenvalue weighted by Gasteiger charge is 2.24. The van der Waals surface area contributed by atoms with Crippen molar-refractivity contribution in [2.45, 2.75) is 31.8 Å². The number of nitrogens with one attached hydrogen (secondary N) is 1. The minimum Gasteiger partial charge on any atom is -0.482 e. The maximum atomic E-state index is 12.6. The molecule has 7 heteroatoms. The summed E-state index contributed by atoms with van der Waals surface area (Å²) in [6, 6.07) is 11.0. The Morgan fingerprint density at radius 3 is 2.86 bits per heavy atom. The highest BCUT2D eigenvalue weighted by Crippen LogP contribution is 2.39. The molecule has 148 valence electrons. The van der Waals surface area contributed by atoms with Crippen LogP contribution in [0.15, 0.2) is 55.0 Å². The lowest BCUT2D eigenvalue weighted by Gasteiger charge is -2.17. The lowest BCUT2D eigenvalue weighted by atomic mass is 10.1. The van der Waals surface area contributed by atoms with E-state index in [1.165, 1.54) is 19.0 Å². The molecule has 1 aliphatic rings. The molecule has 1 amide bonds. The summed E-state index contributed by atoms with van der Waals surface area (Å²) >= 11 is 5.97. The van der Waals surface area contributed by atoms with E-state index in [1.54, 1.807) is 12.3 Å². The summed E-state index contributed by atoms with van der Waals surface area (Å²) in [6.07, 6.45) is 6.92. The quantitative estimate of drug-likeness (QED) is 0.600. The first-order valence-corrected chi connectivity index (χ1v) is 9.81. The van der Waals surface area contributed by atoms with Gasteiger partial charge < -0.3 is 15.8 Å². The molecule has 0 aliphatic heterocycles. The zero-order valence-electron chi connectivity index (χ0n) is 15.9. The summed E-state index contributed by atoms with van der Waals surface area (Å²) in [6.45, 7) is 1.89. The van der Waals surface area contributed by atoms with Crippen molar-refractivity contribution in [3.05, 3.63) is 76.7 Å². The fourth-order valence-electron chi connectivity index (χ4n) is 3.08. The van der Waals surface area contributed by atoms with Gasteiger partial charge in [-0.15, -0.1) is 0 Å². The van der Waals surface area contributed by atoms with Crippen molar-refractivity contribution in [3.63, 3.8) is 0 Å². The fourth-order valence-corrected chi connectivity index (χ4v) is 3.23. The van der Waals surface area contributed by atoms with Crippen molar-refractivity contribution in [2.75, 3.05) is 11.1 Å². The first kappa shape index (κ1) is 19.2. The predicted molar refractivity (Wildman–Crippen MR) is 113 cm³/mol. The maximum Gasteiger partial charge on any atom is 0.257 e. The topological polar surface area (TPSA) is 90.1 Å². The number of carbonyl (C=O) groups excluding carboxylic acids is 1. The van der Waals surface area contributed by atoms with E-state index in [4.69, 9.17) is 22.1 Å². The van der Waals surface area contributed by atoms with Gasteiger partial charge in [0.1, 0.15) is 6.10 Å². The Bertz CT molecular complexity index is 1050. The van der Waals surface area contributed by atoms with E-state index in [0.29, 0.717) is 27.9 Å². The molecule has 2 heterocycles. The minimum atomic E-state index is -0.311. The van der Waals surface area contributed by atoms with Crippen LogP contribution in [-0.4, -0.2) is 15.9 Å². The molecule has 1 aromatic carbocycles. The first-order chi connectivity index (χ1) is 14.0. The molecule has 4 rings (SSSR count). The number of halogens is 1. The van der Waals surface area contributed by atoms with Crippen LogP contribution in [0.3, 0.4) is 0 Å². The van der Waals surface area contributed by atoms with E-state index >= 15 is 0 Å². The molecule has 3 N–H and O–H groups in total. The third kappa shape index (κ3) is 4.66. The summed E-state index contributed by atoms with van der Waals surface area (Å²) < 4.78 is 5.91. The number of hydrogen-bond donors (Lipinski definition) is 2. The van der Waals surface area contributed by atoms with Crippen LogP contribution in [-0.2, 0) is 0 Å². The first-order valence-electron chi connectivity index (χ1n) is 9.43. The Morgan fingerprint density at radius 2 is 2.07 bits per heavy atom. The monoisotopic (exact) mass is 408 g/mol. The van der Waals surface area contributed by atoms with Crippen LogP contribution < -0.4 is 15.8 Å². The molecule has 0 spiro atoms. The minimum absolute atomic E-state index is 0.186. The average molecular weight is 409 g/mol. The molecule has 0 radical (unpaired) electrons. The van der Waals surface area contributed by atoms with E-state index in [1.807, 2.05) is 43.5 Å². The van der Waals surface area contributed by atoms with Crippen molar-refractivity contribution >= 4 is 29.0 Å². The number of anilines is 2. The summed E-state index contributed by atoms with van der Waals surface area (Å²) in [5, 5.41) is 3.38. The lowest BCUT2D eigenvalue weighted by Crippen LogP contribution is -2.13. The fraction of sp³-hybridized carbons (Fsp3) is 0.227. The molecule has 6 nitrogen and oxygen atoms in total. The predicted octanol–water partition coefficient (Wildman–Crippen LogP) is 4.98. The molecule has 0 saturated heterocycles. The van der Waals surface area contributed by atoms with Gasteiger partial charge in [0.25, 0.3) is 5.91 Å². The second-order valence-electron chi connectivity index (χ2n) is 7.16. The maximum absolute atomic E-state index is 12.6. The molecule has 1 saturated carbocycles. The van der Waals surface area contributed by atoms with E-state index in [0.717, 1.165) is 11.1 Å². The molecule has 2 aromatic heterocycles. The zero-order valence-corrected chi connectivity index (χ0v) is 16.7. The van der Waals surface area contributed by atoms with Crippen molar-refractivity contribution in [1.29, 1.82) is 0 Å². The number of nitrogens with zero attached hydrogens (tertiary/aromatic N) is 2. The summed E-state index contributed by atoms with van der Waals surface area (Å²) in [5.41, 5.74) is 9.10. The van der Waals surface area contributed by atoms with Gasteiger partial charge in [-0.1, -0.05) is 23.7 Å². The highest BCUT2D eigenvalue weighted by molar-refractivity contribution is 6.30. The van der Waals surface area contributed by atoms with E-state index in [2.05, 4.69) is 15.3 Å². The number of aromatic nitrogens is 2. The van der Waals surface area contributed by atoms with Gasteiger partial charge in [0, 0.05) is 30.3 Å². The molecular formula is C22H21ClN4O2. The third-order valence-electron chi connectivity index (χ3n) is 4.84. The van der Waals surface area contributed by atoms with Gasteiger partial charge in [0.05, 0.1) is 10.6 Å². The van der Waals surface area contributed by atoms with Crippen LogP contribution >= 0.6 is 11.6 Å².